The number of carbonyl (C=O) groups excluding carboxylic acids is 3. The van der Waals surface area contributed by atoms with Crippen LogP contribution >= 0.6 is 0 Å². The van der Waals surface area contributed by atoms with Crippen LogP contribution in [0.1, 0.15) is 18.1 Å². The van der Waals surface area contributed by atoms with E-state index in [4.69, 9.17) is 4.74 Å². The molecule has 0 unspecified atom stereocenters. The fourth-order valence-corrected chi connectivity index (χ4v) is 1.46. The van der Waals surface area contributed by atoms with Gasteiger partial charge in [-0.2, -0.15) is 0 Å². The van der Waals surface area contributed by atoms with Crippen LogP contribution in [0.15, 0.2) is 30.3 Å². The van der Waals surface area contributed by atoms with Crippen molar-refractivity contribution in [2.24, 2.45) is 0 Å². The van der Waals surface area contributed by atoms with E-state index >= 15 is 0 Å². The summed E-state index contributed by atoms with van der Waals surface area (Å²) in [4.78, 5) is 33.9. The number of rotatable bonds is 4. The first-order valence-electron chi connectivity index (χ1n) is 6.26. The quantitative estimate of drug-likeness (QED) is 0.676. The average Bonchev–Trinajstić information content (AvgIpc) is 2.45. The van der Waals surface area contributed by atoms with Crippen molar-refractivity contribution < 1.29 is 23.9 Å². The van der Waals surface area contributed by atoms with Crippen molar-refractivity contribution >= 4 is 24.0 Å². The van der Waals surface area contributed by atoms with Gasteiger partial charge in [-0.3, -0.25) is 10.1 Å². The van der Waals surface area contributed by atoms with Crippen molar-refractivity contribution in [3.05, 3.63) is 41.5 Å². The van der Waals surface area contributed by atoms with Crippen LogP contribution in [-0.4, -0.2) is 31.2 Å². The van der Waals surface area contributed by atoms with Gasteiger partial charge in [-0.1, -0.05) is 29.8 Å². The first kappa shape index (κ1) is 16.4. The summed E-state index contributed by atoms with van der Waals surface area (Å²) >= 11 is 0. The van der Waals surface area contributed by atoms with E-state index in [-0.39, 0.29) is 0 Å². The molecule has 0 saturated heterocycles. The van der Waals surface area contributed by atoms with E-state index in [9.17, 15) is 14.4 Å². The Hall–Kier alpha value is -2.63. The zero-order valence-corrected chi connectivity index (χ0v) is 12.1. The molecule has 112 valence electrons. The van der Waals surface area contributed by atoms with Gasteiger partial charge in [-0.05, 0) is 25.5 Å². The van der Waals surface area contributed by atoms with Crippen molar-refractivity contribution in [1.29, 1.82) is 0 Å². The molecule has 0 heterocycles. The maximum Gasteiger partial charge on any atom is 0.413 e. The lowest BCUT2D eigenvalue weighted by atomic mass is 10.1. The topological polar surface area (TPSA) is 81.7 Å². The van der Waals surface area contributed by atoms with Crippen molar-refractivity contribution in [3.63, 3.8) is 0 Å². The smallest absolute Gasteiger partial charge is 0.413 e. The predicted molar refractivity (Wildman–Crippen MR) is 76.3 cm³/mol. The summed E-state index contributed by atoms with van der Waals surface area (Å²) in [6, 6.07) is 7.54. The van der Waals surface area contributed by atoms with Crippen LogP contribution in [0.5, 0.6) is 0 Å². The van der Waals surface area contributed by atoms with Crippen LogP contribution < -0.4 is 5.32 Å². The van der Waals surface area contributed by atoms with Crippen LogP contribution in [0.25, 0.3) is 6.08 Å². The van der Waals surface area contributed by atoms with Gasteiger partial charge >= 0.3 is 12.1 Å². The molecule has 1 rings (SSSR count). The van der Waals surface area contributed by atoms with Gasteiger partial charge in [0.15, 0.2) is 6.10 Å². The molecule has 0 aliphatic rings. The van der Waals surface area contributed by atoms with Gasteiger partial charge in [-0.15, -0.1) is 0 Å². The molecular weight excluding hydrogens is 274 g/mol. The Morgan fingerprint density at radius 3 is 2.62 bits per heavy atom. The molecule has 1 aromatic rings. The lowest BCUT2D eigenvalue weighted by molar-refractivity contribution is -0.149. The molecule has 6 heteroatoms. The van der Waals surface area contributed by atoms with Gasteiger partial charge in [0.05, 0.1) is 7.11 Å². The van der Waals surface area contributed by atoms with Crippen LogP contribution in [0.3, 0.4) is 0 Å². The van der Waals surface area contributed by atoms with Crippen LogP contribution in [0.2, 0.25) is 0 Å². The van der Waals surface area contributed by atoms with Gasteiger partial charge in [0.1, 0.15) is 0 Å². The zero-order valence-electron chi connectivity index (χ0n) is 12.1. The first-order valence-corrected chi connectivity index (χ1v) is 6.26. The molecule has 0 aromatic heterocycles. The van der Waals surface area contributed by atoms with Crippen LogP contribution in [0, 0.1) is 6.92 Å². The molecule has 0 saturated carbocycles. The Balaban J connectivity index is 2.53. The van der Waals surface area contributed by atoms with Crippen molar-refractivity contribution in [2.45, 2.75) is 20.0 Å². The lowest BCUT2D eigenvalue weighted by Crippen LogP contribution is -2.39. The second-order valence-corrected chi connectivity index (χ2v) is 4.31. The Morgan fingerprint density at radius 1 is 1.29 bits per heavy atom. The Bertz CT molecular complexity index is 565. The molecule has 0 aliphatic heterocycles. The van der Waals surface area contributed by atoms with Crippen LogP contribution in [-0.2, 0) is 19.1 Å². The lowest BCUT2D eigenvalue weighted by Gasteiger charge is -2.10. The maximum absolute atomic E-state index is 11.6. The normalized spacial score (nSPS) is 11.8. The number of hydrogen-bond acceptors (Lipinski definition) is 5. The van der Waals surface area contributed by atoms with E-state index in [1.54, 1.807) is 6.08 Å². The minimum absolute atomic E-state index is 0.677. The van der Waals surface area contributed by atoms with Crippen molar-refractivity contribution in [2.75, 3.05) is 7.11 Å². The molecule has 0 spiro atoms. The number of imide groups is 1. The van der Waals surface area contributed by atoms with E-state index in [1.807, 2.05) is 36.5 Å². The number of aryl methyl sites for hydroxylation is 1. The molecule has 2 amide bonds. The Kier molecular flexibility index (Phi) is 6.13. The zero-order chi connectivity index (χ0) is 15.8. The van der Waals surface area contributed by atoms with Gasteiger partial charge in [-0.25, -0.2) is 9.59 Å². The standard InChI is InChI=1S/C15H17NO5/c1-10-5-4-6-12(9-10)7-8-13(17)21-11(2)14(18)16-15(19)20-3/h4-9,11H,1-3H3,(H,16,18,19)/b8-7+/t11-/m1/s1. The first-order chi connectivity index (χ1) is 9.92. The number of ether oxygens (including phenoxy) is 2. The van der Waals surface area contributed by atoms with E-state index < -0.39 is 24.1 Å². The number of carbonyl (C=O) groups is 3. The van der Waals surface area contributed by atoms with Crippen LogP contribution in [0.4, 0.5) is 4.79 Å². The molecule has 0 aliphatic carbocycles. The van der Waals surface area contributed by atoms with Crippen molar-refractivity contribution in [3.8, 4) is 0 Å². The predicted octanol–water partition coefficient (Wildman–Crippen LogP) is 1.82. The molecule has 1 aromatic carbocycles. The van der Waals surface area contributed by atoms with Gasteiger partial charge in [0.2, 0.25) is 0 Å². The molecule has 21 heavy (non-hydrogen) atoms. The average molecular weight is 291 g/mol. The highest BCUT2D eigenvalue weighted by Crippen LogP contribution is 2.06. The summed E-state index contributed by atoms with van der Waals surface area (Å²) in [7, 11) is 1.13. The third-order valence-electron chi connectivity index (χ3n) is 2.53. The van der Waals surface area contributed by atoms with E-state index in [1.165, 1.54) is 13.0 Å². The third kappa shape index (κ3) is 5.90. The summed E-state index contributed by atoms with van der Waals surface area (Å²) in [5.41, 5.74) is 1.91. The number of alkyl carbamates (subject to hydrolysis) is 1. The fraction of sp³-hybridized carbons (Fsp3) is 0.267. The Morgan fingerprint density at radius 2 is 2.00 bits per heavy atom. The number of benzene rings is 1. The summed E-state index contributed by atoms with van der Waals surface area (Å²) in [5.74, 6) is -1.43. The number of hydrogen-bond donors (Lipinski definition) is 1. The van der Waals surface area contributed by atoms with E-state index in [2.05, 4.69) is 4.74 Å². The third-order valence-corrected chi connectivity index (χ3v) is 2.53. The highest BCUT2D eigenvalue weighted by molar-refractivity contribution is 5.96. The number of amides is 2. The van der Waals surface area contributed by atoms with E-state index in [0.29, 0.717) is 0 Å². The van der Waals surface area contributed by atoms with Gasteiger partial charge in [0, 0.05) is 6.08 Å². The number of methoxy groups -OCH3 is 1. The highest BCUT2D eigenvalue weighted by Gasteiger charge is 2.18. The number of nitrogens with one attached hydrogen (secondary N) is 1. The monoisotopic (exact) mass is 291 g/mol. The fourth-order valence-electron chi connectivity index (χ4n) is 1.46. The molecule has 0 bridgehead atoms. The minimum Gasteiger partial charge on any atom is -0.453 e. The van der Waals surface area contributed by atoms with Crippen molar-refractivity contribution in [1.82, 2.24) is 5.32 Å². The number of esters is 1. The molecule has 1 atom stereocenters. The summed E-state index contributed by atoms with van der Waals surface area (Å²) in [5, 5.41) is 1.91. The molecule has 0 fully saturated rings. The Labute approximate surface area is 122 Å². The SMILES string of the molecule is COC(=O)NC(=O)[C@@H](C)OC(=O)/C=C/c1cccc(C)c1. The molecule has 1 N–H and O–H groups in total. The molecule has 0 radical (unpaired) electrons. The van der Waals surface area contributed by atoms with E-state index in [0.717, 1.165) is 18.2 Å². The second kappa shape index (κ2) is 7.84. The minimum atomic E-state index is -1.10. The summed E-state index contributed by atoms with van der Waals surface area (Å²) in [6.07, 6.45) is 0.800. The summed E-state index contributed by atoms with van der Waals surface area (Å²) in [6.45, 7) is 3.30. The molecular formula is C15H17NO5. The molecule has 6 nitrogen and oxygen atoms in total. The largest absolute Gasteiger partial charge is 0.453 e. The highest BCUT2D eigenvalue weighted by atomic mass is 16.6. The maximum atomic E-state index is 11.6. The van der Waals surface area contributed by atoms with Gasteiger partial charge in [0.25, 0.3) is 5.91 Å². The van der Waals surface area contributed by atoms with Gasteiger partial charge < -0.3 is 9.47 Å². The summed E-state index contributed by atoms with van der Waals surface area (Å²) < 4.78 is 9.13. The second-order valence-electron chi connectivity index (χ2n) is 4.31.